The quantitative estimate of drug-likeness (QED) is 0.880. The van der Waals surface area contributed by atoms with E-state index in [1.807, 2.05) is 0 Å². The Kier molecular flexibility index (Phi) is 4.46. The summed E-state index contributed by atoms with van der Waals surface area (Å²) in [6.07, 6.45) is -0.201. The van der Waals surface area contributed by atoms with Gasteiger partial charge in [0.2, 0.25) is 0 Å². The van der Waals surface area contributed by atoms with Crippen molar-refractivity contribution in [2.45, 2.75) is 12.5 Å². The number of nitrogens with zero attached hydrogens (tertiary/aromatic N) is 1. The second-order valence-corrected chi connectivity index (χ2v) is 4.92. The normalized spacial score (nSPS) is 18.9. The molecule has 1 atom stereocenters. The van der Waals surface area contributed by atoms with Crippen molar-refractivity contribution < 1.29 is 24.5 Å². The van der Waals surface area contributed by atoms with Crippen LogP contribution in [0.1, 0.15) is 16.8 Å². The first-order valence-electron chi connectivity index (χ1n) is 6.08. The number of hydrogen-bond acceptors (Lipinski definition) is 4. The SMILES string of the molecule is O=C(O)CC1COCCN1C(=O)c1cc(Cl)ccc1O. The summed E-state index contributed by atoms with van der Waals surface area (Å²) in [4.78, 5) is 24.7. The standard InChI is InChI=1S/C13H14ClNO5/c14-8-1-2-11(16)10(5-8)13(19)15-3-4-20-7-9(15)6-12(17)18/h1-2,5,9,16H,3-4,6-7H2,(H,17,18). The summed E-state index contributed by atoms with van der Waals surface area (Å²) in [6, 6.07) is 3.63. The average Bonchev–Trinajstić information content (AvgIpc) is 2.41. The highest BCUT2D eigenvalue weighted by molar-refractivity contribution is 6.31. The van der Waals surface area contributed by atoms with E-state index in [2.05, 4.69) is 0 Å². The number of amides is 1. The molecule has 1 aromatic carbocycles. The van der Waals surface area contributed by atoms with Crippen LogP contribution in [0.25, 0.3) is 0 Å². The maximum atomic E-state index is 12.4. The Labute approximate surface area is 120 Å². The van der Waals surface area contributed by atoms with Crippen LogP contribution in [0, 0.1) is 0 Å². The Morgan fingerprint density at radius 1 is 1.45 bits per heavy atom. The summed E-state index contributed by atoms with van der Waals surface area (Å²) in [5.41, 5.74) is 0.0646. The smallest absolute Gasteiger partial charge is 0.305 e. The van der Waals surface area contributed by atoms with E-state index in [0.717, 1.165) is 0 Å². The minimum atomic E-state index is -1.01. The van der Waals surface area contributed by atoms with Crippen LogP contribution in [0.5, 0.6) is 5.75 Å². The maximum absolute atomic E-state index is 12.4. The third-order valence-corrected chi connectivity index (χ3v) is 3.32. The molecule has 1 aliphatic rings. The van der Waals surface area contributed by atoms with Gasteiger partial charge in [-0.1, -0.05) is 11.6 Å². The Morgan fingerprint density at radius 2 is 2.20 bits per heavy atom. The van der Waals surface area contributed by atoms with Crippen molar-refractivity contribution in [1.29, 1.82) is 0 Å². The Balaban J connectivity index is 2.25. The molecule has 0 spiro atoms. The lowest BCUT2D eigenvalue weighted by atomic mass is 10.1. The molecule has 0 radical (unpaired) electrons. The van der Waals surface area contributed by atoms with Gasteiger partial charge in [-0.15, -0.1) is 0 Å². The molecule has 0 saturated carbocycles. The molecule has 1 heterocycles. The van der Waals surface area contributed by atoms with Crippen molar-refractivity contribution >= 4 is 23.5 Å². The molecule has 1 fully saturated rings. The molecule has 1 aliphatic heterocycles. The summed E-state index contributed by atoms with van der Waals surface area (Å²) in [6.45, 7) is 0.783. The minimum Gasteiger partial charge on any atom is -0.507 e. The van der Waals surface area contributed by atoms with E-state index in [1.54, 1.807) is 0 Å². The zero-order valence-electron chi connectivity index (χ0n) is 10.6. The molecule has 1 saturated heterocycles. The Hall–Kier alpha value is -1.79. The van der Waals surface area contributed by atoms with Gasteiger partial charge < -0.3 is 19.8 Å². The summed E-state index contributed by atoms with van der Waals surface area (Å²) in [5, 5.41) is 18.9. The van der Waals surface area contributed by atoms with E-state index >= 15 is 0 Å². The first kappa shape index (κ1) is 14.6. The second-order valence-electron chi connectivity index (χ2n) is 4.49. The summed E-state index contributed by atoms with van der Waals surface area (Å²) in [5.74, 6) is -1.63. The van der Waals surface area contributed by atoms with Gasteiger partial charge in [0.1, 0.15) is 5.75 Å². The number of carboxylic acid groups (broad SMARTS) is 1. The van der Waals surface area contributed by atoms with Crippen molar-refractivity contribution in [2.75, 3.05) is 19.8 Å². The number of phenolic OH excluding ortho intramolecular Hbond substituents is 1. The lowest BCUT2D eigenvalue weighted by Gasteiger charge is -2.35. The number of ether oxygens (including phenoxy) is 1. The van der Waals surface area contributed by atoms with Crippen LogP contribution in [0.4, 0.5) is 0 Å². The highest BCUT2D eigenvalue weighted by atomic mass is 35.5. The van der Waals surface area contributed by atoms with Crippen LogP contribution in [0.3, 0.4) is 0 Å². The van der Waals surface area contributed by atoms with Gasteiger partial charge in [-0.2, -0.15) is 0 Å². The predicted octanol–water partition coefficient (Wildman–Crippen LogP) is 1.36. The molecule has 2 rings (SSSR count). The first-order chi connectivity index (χ1) is 9.49. The van der Waals surface area contributed by atoms with Gasteiger partial charge in [0.15, 0.2) is 0 Å². The fourth-order valence-corrected chi connectivity index (χ4v) is 2.30. The molecule has 0 bridgehead atoms. The van der Waals surface area contributed by atoms with Crippen molar-refractivity contribution in [1.82, 2.24) is 4.90 Å². The number of phenols is 1. The number of carbonyl (C=O) groups is 2. The number of carbonyl (C=O) groups excluding carboxylic acids is 1. The predicted molar refractivity (Wildman–Crippen MR) is 71.0 cm³/mol. The molecule has 0 aromatic heterocycles. The largest absolute Gasteiger partial charge is 0.507 e. The molecule has 1 aromatic rings. The number of rotatable bonds is 3. The minimum absolute atomic E-state index is 0.0646. The molecule has 1 amide bonds. The van der Waals surface area contributed by atoms with Gasteiger partial charge in [-0.05, 0) is 18.2 Å². The molecule has 0 aliphatic carbocycles. The van der Waals surface area contributed by atoms with Gasteiger partial charge >= 0.3 is 5.97 Å². The van der Waals surface area contributed by atoms with E-state index < -0.39 is 17.9 Å². The van der Waals surface area contributed by atoms with E-state index in [0.29, 0.717) is 11.6 Å². The van der Waals surface area contributed by atoms with Crippen LogP contribution >= 0.6 is 11.6 Å². The summed E-state index contributed by atoms with van der Waals surface area (Å²) >= 11 is 5.82. The van der Waals surface area contributed by atoms with Crippen LogP contribution in [0.15, 0.2) is 18.2 Å². The number of halogens is 1. The number of benzene rings is 1. The molecule has 1 unspecified atom stereocenters. The van der Waals surface area contributed by atoms with E-state index in [4.69, 9.17) is 21.4 Å². The van der Waals surface area contributed by atoms with Gasteiger partial charge in [-0.25, -0.2) is 0 Å². The average molecular weight is 300 g/mol. The highest BCUT2D eigenvalue weighted by Gasteiger charge is 2.31. The van der Waals surface area contributed by atoms with E-state index in [9.17, 15) is 14.7 Å². The third-order valence-electron chi connectivity index (χ3n) is 3.09. The third kappa shape index (κ3) is 3.20. The van der Waals surface area contributed by atoms with Gasteiger partial charge in [0, 0.05) is 11.6 Å². The van der Waals surface area contributed by atoms with E-state index in [1.165, 1.54) is 23.1 Å². The van der Waals surface area contributed by atoms with Crippen LogP contribution in [-0.4, -0.2) is 52.8 Å². The van der Waals surface area contributed by atoms with Crippen LogP contribution < -0.4 is 0 Å². The Bertz CT molecular complexity index is 533. The molecular formula is C13H14ClNO5. The highest BCUT2D eigenvalue weighted by Crippen LogP contribution is 2.25. The monoisotopic (exact) mass is 299 g/mol. The van der Waals surface area contributed by atoms with Crippen LogP contribution in [-0.2, 0) is 9.53 Å². The van der Waals surface area contributed by atoms with Gasteiger partial charge in [0.25, 0.3) is 5.91 Å². The van der Waals surface area contributed by atoms with E-state index in [-0.39, 0.29) is 30.9 Å². The number of hydrogen-bond donors (Lipinski definition) is 2. The molecule has 7 heteroatoms. The van der Waals surface area contributed by atoms with Crippen molar-refractivity contribution in [3.05, 3.63) is 28.8 Å². The zero-order valence-corrected chi connectivity index (χ0v) is 11.3. The second kappa shape index (κ2) is 6.11. The molecule has 6 nitrogen and oxygen atoms in total. The lowest BCUT2D eigenvalue weighted by molar-refractivity contribution is -0.139. The molecule has 20 heavy (non-hydrogen) atoms. The van der Waals surface area contributed by atoms with Gasteiger partial charge in [-0.3, -0.25) is 9.59 Å². The topological polar surface area (TPSA) is 87.1 Å². The number of aromatic hydroxyl groups is 1. The molecule has 108 valence electrons. The fraction of sp³-hybridized carbons (Fsp3) is 0.385. The number of carboxylic acids is 1. The Morgan fingerprint density at radius 3 is 2.90 bits per heavy atom. The summed E-state index contributed by atoms with van der Waals surface area (Å²) < 4.78 is 5.21. The zero-order chi connectivity index (χ0) is 14.7. The fourth-order valence-electron chi connectivity index (χ4n) is 2.13. The van der Waals surface area contributed by atoms with Crippen molar-refractivity contribution in [2.24, 2.45) is 0 Å². The number of morpholine rings is 1. The number of aliphatic carboxylic acids is 1. The lowest BCUT2D eigenvalue weighted by Crippen LogP contribution is -2.49. The summed E-state index contributed by atoms with van der Waals surface area (Å²) in [7, 11) is 0. The van der Waals surface area contributed by atoms with Crippen LogP contribution in [0.2, 0.25) is 5.02 Å². The van der Waals surface area contributed by atoms with Gasteiger partial charge in [0.05, 0.1) is 31.2 Å². The molecule has 2 N–H and O–H groups in total. The maximum Gasteiger partial charge on any atom is 0.305 e. The van der Waals surface area contributed by atoms with Crippen molar-refractivity contribution in [3.8, 4) is 5.75 Å². The first-order valence-corrected chi connectivity index (χ1v) is 6.46. The molecular weight excluding hydrogens is 286 g/mol. The van der Waals surface area contributed by atoms with Crippen molar-refractivity contribution in [3.63, 3.8) is 0 Å².